The summed E-state index contributed by atoms with van der Waals surface area (Å²) >= 11 is 3.43. The maximum Gasteiger partial charge on any atom is 0.147 e. The molecule has 0 amide bonds. The van der Waals surface area contributed by atoms with Gasteiger partial charge in [-0.1, -0.05) is 73.1 Å². The molecule has 0 aromatic heterocycles. The van der Waals surface area contributed by atoms with E-state index in [1.165, 1.54) is 11.1 Å². The van der Waals surface area contributed by atoms with E-state index < -0.39 is 0 Å². The highest BCUT2D eigenvalue weighted by Crippen LogP contribution is 2.51. The molecule has 1 aliphatic carbocycles. The third-order valence-electron chi connectivity index (χ3n) is 5.52. The SMILES string of the molecule is CC(C)(C)c1ccc([C@@H]2Nc3c(F)cc(Br)cc3[C@H]3C=CC[C@@H]32)cc1. The van der Waals surface area contributed by atoms with Crippen molar-refractivity contribution in [3.63, 3.8) is 0 Å². The number of allylic oxidation sites excluding steroid dienone is 2. The first-order chi connectivity index (χ1) is 11.8. The third kappa shape index (κ3) is 2.93. The Kier molecular flexibility index (Phi) is 4.03. The summed E-state index contributed by atoms with van der Waals surface area (Å²) in [5.74, 6) is 0.525. The fourth-order valence-electron chi connectivity index (χ4n) is 4.14. The van der Waals surface area contributed by atoms with Gasteiger partial charge in [0.05, 0.1) is 11.7 Å². The van der Waals surface area contributed by atoms with Gasteiger partial charge in [-0.3, -0.25) is 0 Å². The van der Waals surface area contributed by atoms with Crippen molar-refractivity contribution in [3.8, 4) is 0 Å². The molecule has 0 radical (unpaired) electrons. The average Bonchev–Trinajstić information content (AvgIpc) is 3.03. The van der Waals surface area contributed by atoms with E-state index in [9.17, 15) is 4.39 Å². The van der Waals surface area contributed by atoms with Crippen LogP contribution in [0.2, 0.25) is 0 Å². The van der Waals surface area contributed by atoms with Gasteiger partial charge in [0.25, 0.3) is 0 Å². The molecule has 2 aromatic carbocycles. The maximum atomic E-state index is 14.6. The largest absolute Gasteiger partial charge is 0.375 e. The lowest BCUT2D eigenvalue weighted by Crippen LogP contribution is -2.29. The summed E-state index contributed by atoms with van der Waals surface area (Å²) in [7, 11) is 0. The molecular weight excluding hydrogens is 377 g/mol. The van der Waals surface area contributed by atoms with Crippen molar-refractivity contribution in [1.82, 2.24) is 0 Å². The minimum atomic E-state index is -0.181. The van der Waals surface area contributed by atoms with Crippen molar-refractivity contribution in [2.75, 3.05) is 5.32 Å². The van der Waals surface area contributed by atoms with Crippen LogP contribution < -0.4 is 5.32 Å². The van der Waals surface area contributed by atoms with Gasteiger partial charge in [-0.05, 0) is 46.6 Å². The molecule has 1 N–H and O–H groups in total. The molecule has 130 valence electrons. The number of benzene rings is 2. The number of fused-ring (bicyclic) bond motifs is 3. The molecule has 2 aromatic rings. The molecule has 0 unspecified atom stereocenters. The molecule has 0 saturated heterocycles. The monoisotopic (exact) mass is 399 g/mol. The molecule has 0 spiro atoms. The van der Waals surface area contributed by atoms with Crippen molar-refractivity contribution >= 4 is 21.6 Å². The van der Waals surface area contributed by atoms with Crippen molar-refractivity contribution in [3.05, 3.63) is 75.5 Å². The van der Waals surface area contributed by atoms with Crippen LogP contribution in [0.4, 0.5) is 10.1 Å². The molecule has 0 bridgehead atoms. The summed E-state index contributed by atoms with van der Waals surface area (Å²) in [6, 6.07) is 12.6. The predicted octanol–water partition coefficient (Wildman–Crippen LogP) is 6.71. The zero-order valence-corrected chi connectivity index (χ0v) is 16.4. The highest BCUT2D eigenvalue weighted by atomic mass is 79.9. The van der Waals surface area contributed by atoms with Gasteiger partial charge in [-0.15, -0.1) is 0 Å². The number of halogens is 2. The van der Waals surface area contributed by atoms with Crippen LogP contribution in [0.1, 0.15) is 55.8 Å². The Bertz CT molecular complexity index is 832. The lowest BCUT2D eigenvalue weighted by molar-refractivity contribution is 0.420. The summed E-state index contributed by atoms with van der Waals surface area (Å²) < 4.78 is 15.4. The molecule has 25 heavy (non-hydrogen) atoms. The van der Waals surface area contributed by atoms with E-state index in [1.807, 2.05) is 0 Å². The zero-order valence-electron chi connectivity index (χ0n) is 14.8. The topological polar surface area (TPSA) is 12.0 Å². The molecule has 1 nitrogen and oxygen atoms in total. The van der Waals surface area contributed by atoms with Gasteiger partial charge in [-0.25, -0.2) is 4.39 Å². The average molecular weight is 400 g/mol. The minimum Gasteiger partial charge on any atom is -0.375 e. The molecule has 3 atom stereocenters. The Hall–Kier alpha value is -1.61. The van der Waals surface area contributed by atoms with Crippen LogP contribution in [0.5, 0.6) is 0 Å². The Labute approximate surface area is 157 Å². The smallest absolute Gasteiger partial charge is 0.147 e. The summed E-state index contributed by atoms with van der Waals surface area (Å²) in [5.41, 5.74) is 4.42. The second-order valence-corrected chi connectivity index (χ2v) is 9.12. The molecule has 4 rings (SSSR count). The van der Waals surface area contributed by atoms with E-state index in [2.05, 4.69) is 84.5 Å². The molecule has 0 fully saturated rings. The zero-order chi connectivity index (χ0) is 17.8. The van der Waals surface area contributed by atoms with Crippen molar-refractivity contribution in [2.45, 2.75) is 44.6 Å². The van der Waals surface area contributed by atoms with E-state index in [0.29, 0.717) is 11.6 Å². The summed E-state index contributed by atoms with van der Waals surface area (Å²) in [6.07, 6.45) is 5.51. The molecule has 3 heteroatoms. The second kappa shape index (κ2) is 5.98. The van der Waals surface area contributed by atoms with E-state index in [4.69, 9.17) is 0 Å². The van der Waals surface area contributed by atoms with Crippen LogP contribution in [0, 0.1) is 11.7 Å². The fourth-order valence-corrected chi connectivity index (χ4v) is 4.59. The van der Waals surface area contributed by atoms with Crippen molar-refractivity contribution in [1.29, 1.82) is 0 Å². The summed E-state index contributed by atoms with van der Waals surface area (Å²) in [6.45, 7) is 6.67. The highest BCUT2D eigenvalue weighted by molar-refractivity contribution is 9.10. The van der Waals surface area contributed by atoms with Crippen LogP contribution >= 0.6 is 15.9 Å². The molecule has 0 saturated carbocycles. The van der Waals surface area contributed by atoms with Gasteiger partial charge in [-0.2, -0.15) is 0 Å². The standard InChI is InChI=1S/C22H23BrFN/c1-22(2,3)14-9-7-13(8-10-14)20-17-6-4-5-16(17)18-11-15(23)12-19(24)21(18)25-20/h4-5,7-12,16-17,20,25H,6H2,1-3H3/t16-,17-,20-/m0/s1. The number of anilines is 1. The Morgan fingerprint density at radius 3 is 2.52 bits per heavy atom. The first-order valence-corrected chi connectivity index (χ1v) is 9.66. The van der Waals surface area contributed by atoms with Gasteiger partial charge >= 0.3 is 0 Å². The van der Waals surface area contributed by atoms with Crippen LogP contribution in [0.15, 0.2) is 53.0 Å². The first kappa shape index (κ1) is 16.8. The Balaban J connectivity index is 1.74. The number of rotatable bonds is 1. The molecule has 1 heterocycles. The lowest BCUT2D eigenvalue weighted by Gasteiger charge is -2.38. The molecule has 2 aliphatic rings. The van der Waals surface area contributed by atoms with Crippen molar-refractivity contribution in [2.24, 2.45) is 5.92 Å². The van der Waals surface area contributed by atoms with Gasteiger partial charge in [0.15, 0.2) is 0 Å². The van der Waals surface area contributed by atoms with Crippen LogP contribution in [0.25, 0.3) is 0 Å². The van der Waals surface area contributed by atoms with E-state index in [-0.39, 0.29) is 23.2 Å². The molecule has 1 aliphatic heterocycles. The highest BCUT2D eigenvalue weighted by Gasteiger charge is 2.39. The number of hydrogen-bond acceptors (Lipinski definition) is 1. The van der Waals surface area contributed by atoms with Crippen LogP contribution in [-0.4, -0.2) is 0 Å². The lowest BCUT2D eigenvalue weighted by atomic mass is 9.76. The number of hydrogen-bond donors (Lipinski definition) is 1. The predicted molar refractivity (Wildman–Crippen MR) is 106 cm³/mol. The van der Waals surface area contributed by atoms with E-state index in [1.54, 1.807) is 6.07 Å². The van der Waals surface area contributed by atoms with E-state index >= 15 is 0 Å². The third-order valence-corrected chi connectivity index (χ3v) is 5.98. The Morgan fingerprint density at radius 2 is 1.84 bits per heavy atom. The van der Waals surface area contributed by atoms with Crippen LogP contribution in [-0.2, 0) is 5.41 Å². The van der Waals surface area contributed by atoms with E-state index in [0.717, 1.165) is 16.5 Å². The summed E-state index contributed by atoms with van der Waals surface area (Å²) in [5, 5.41) is 3.50. The Morgan fingerprint density at radius 1 is 1.12 bits per heavy atom. The van der Waals surface area contributed by atoms with Gasteiger partial charge < -0.3 is 5.32 Å². The maximum absolute atomic E-state index is 14.6. The van der Waals surface area contributed by atoms with Gasteiger partial charge in [0, 0.05) is 10.4 Å². The normalized spacial score (nSPS) is 24.6. The molecular formula is C22H23BrFN. The fraction of sp³-hybridized carbons (Fsp3) is 0.364. The first-order valence-electron chi connectivity index (χ1n) is 8.87. The van der Waals surface area contributed by atoms with Gasteiger partial charge in [0.1, 0.15) is 5.82 Å². The van der Waals surface area contributed by atoms with Gasteiger partial charge in [0.2, 0.25) is 0 Å². The summed E-state index contributed by atoms with van der Waals surface area (Å²) in [4.78, 5) is 0. The van der Waals surface area contributed by atoms with Crippen molar-refractivity contribution < 1.29 is 4.39 Å². The quantitative estimate of drug-likeness (QED) is 0.525. The number of nitrogens with one attached hydrogen (secondary N) is 1. The second-order valence-electron chi connectivity index (χ2n) is 8.20. The van der Waals surface area contributed by atoms with Crippen LogP contribution in [0.3, 0.4) is 0 Å². The minimum absolute atomic E-state index is 0.136.